The maximum atomic E-state index is 13.4. The Kier molecular flexibility index (Phi) is 5.33. The van der Waals surface area contributed by atoms with E-state index >= 15 is 0 Å². The summed E-state index contributed by atoms with van der Waals surface area (Å²) in [6, 6.07) is 18.7. The monoisotopic (exact) mass is 420 g/mol. The van der Waals surface area contributed by atoms with Gasteiger partial charge in [-0.2, -0.15) is 0 Å². The molecule has 7 heteroatoms. The third-order valence-corrected chi connectivity index (χ3v) is 5.07. The van der Waals surface area contributed by atoms with E-state index in [9.17, 15) is 9.18 Å². The molecule has 0 atom stereocenters. The van der Waals surface area contributed by atoms with Gasteiger partial charge in [-0.25, -0.2) is 14.1 Å². The minimum atomic E-state index is -0.442. The number of benzene rings is 3. The van der Waals surface area contributed by atoms with Crippen molar-refractivity contribution in [3.63, 3.8) is 0 Å². The van der Waals surface area contributed by atoms with Gasteiger partial charge in [0.05, 0.1) is 5.69 Å². The van der Waals surface area contributed by atoms with Crippen LogP contribution >= 0.6 is 11.6 Å². The molecule has 0 aliphatic carbocycles. The van der Waals surface area contributed by atoms with Gasteiger partial charge in [-0.1, -0.05) is 29.8 Å². The maximum absolute atomic E-state index is 13.4. The van der Waals surface area contributed by atoms with E-state index in [-0.39, 0.29) is 11.6 Å². The highest BCUT2D eigenvalue weighted by atomic mass is 35.5. The molecule has 0 saturated carbocycles. The Morgan fingerprint density at radius 2 is 1.77 bits per heavy atom. The van der Waals surface area contributed by atoms with Crippen molar-refractivity contribution >= 4 is 23.2 Å². The molecule has 30 heavy (non-hydrogen) atoms. The first-order valence-electron chi connectivity index (χ1n) is 9.29. The van der Waals surface area contributed by atoms with Gasteiger partial charge < -0.3 is 5.32 Å². The summed E-state index contributed by atoms with van der Waals surface area (Å²) >= 11 is 6.28. The Morgan fingerprint density at radius 3 is 2.50 bits per heavy atom. The Bertz CT molecular complexity index is 1230. The summed E-state index contributed by atoms with van der Waals surface area (Å²) < 4.78 is 15.0. The van der Waals surface area contributed by atoms with Crippen molar-refractivity contribution < 1.29 is 9.18 Å². The van der Waals surface area contributed by atoms with Crippen LogP contribution in [-0.4, -0.2) is 20.7 Å². The van der Waals surface area contributed by atoms with Crippen LogP contribution in [0.2, 0.25) is 5.02 Å². The van der Waals surface area contributed by atoms with Crippen molar-refractivity contribution in [2.75, 3.05) is 5.32 Å². The molecule has 0 bridgehead atoms. The van der Waals surface area contributed by atoms with Crippen LogP contribution in [0.3, 0.4) is 0 Å². The second-order valence-corrected chi connectivity index (χ2v) is 7.29. The molecule has 3 aromatic carbocycles. The van der Waals surface area contributed by atoms with E-state index in [1.807, 2.05) is 38.1 Å². The predicted octanol–water partition coefficient (Wildman–Crippen LogP) is 5.60. The summed E-state index contributed by atoms with van der Waals surface area (Å²) in [5.41, 5.74) is 3.77. The smallest absolute Gasteiger partial charge is 0.295 e. The van der Waals surface area contributed by atoms with E-state index in [1.54, 1.807) is 35.0 Å². The van der Waals surface area contributed by atoms with Crippen molar-refractivity contribution in [2.24, 2.45) is 0 Å². The number of carbonyl (C=O) groups is 1. The SMILES string of the molecule is Cc1cccc(NC(=O)c2nc(-c3ccc(F)cc3)n(-c3cccc(Cl)c3C)n2)c1. The molecule has 1 N–H and O–H groups in total. The topological polar surface area (TPSA) is 59.8 Å². The zero-order chi connectivity index (χ0) is 21.3. The molecule has 0 fully saturated rings. The highest BCUT2D eigenvalue weighted by Gasteiger charge is 2.20. The Morgan fingerprint density at radius 1 is 1.03 bits per heavy atom. The molecule has 0 aliphatic heterocycles. The normalized spacial score (nSPS) is 10.8. The predicted molar refractivity (Wildman–Crippen MR) is 116 cm³/mol. The van der Waals surface area contributed by atoms with Gasteiger partial charge in [-0.05, 0) is 73.5 Å². The molecular formula is C23H18ClFN4O. The van der Waals surface area contributed by atoms with Gasteiger partial charge in [0.1, 0.15) is 5.82 Å². The van der Waals surface area contributed by atoms with Crippen molar-refractivity contribution in [2.45, 2.75) is 13.8 Å². The van der Waals surface area contributed by atoms with Crippen LogP contribution in [0.4, 0.5) is 10.1 Å². The average molecular weight is 421 g/mol. The lowest BCUT2D eigenvalue weighted by Gasteiger charge is -2.10. The number of carbonyl (C=O) groups excluding carboxylic acids is 1. The number of halogens is 2. The summed E-state index contributed by atoms with van der Waals surface area (Å²) in [6.07, 6.45) is 0. The number of hydrogen-bond acceptors (Lipinski definition) is 3. The summed E-state index contributed by atoms with van der Waals surface area (Å²) in [4.78, 5) is 17.3. The zero-order valence-electron chi connectivity index (χ0n) is 16.4. The van der Waals surface area contributed by atoms with E-state index in [2.05, 4.69) is 15.4 Å². The van der Waals surface area contributed by atoms with Gasteiger partial charge in [0, 0.05) is 16.3 Å². The molecule has 1 amide bonds. The van der Waals surface area contributed by atoms with Crippen molar-refractivity contribution in [1.82, 2.24) is 14.8 Å². The lowest BCUT2D eigenvalue weighted by molar-refractivity contribution is 0.101. The minimum Gasteiger partial charge on any atom is -0.319 e. The van der Waals surface area contributed by atoms with E-state index in [4.69, 9.17) is 11.6 Å². The molecule has 0 aliphatic rings. The standard InChI is InChI=1S/C23H18ClFN4O/c1-14-5-3-6-18(13-14)26-23(30)21-27-22(16-9-11-17(25)12-10-16)29(28-21)20-8-4-7-19(24)15(20)2/h3-13H,1-2H3,(H,26,30). The van der Waals surface area contributed by atoms with Crippen LogP contribution in [0.15, 0.2) is 66.7 Å². The fourth-order valence-electron chi connectivity index (χ4n) is 3.10. The van der Waals surface area contributed by atoms with Crippen LogP contribution in [-0.2, 0) is 0 Å². The quantitative estimate of drug-likeness (QED) is 0.467. The lowest BCUT2D eigenvalue weighted by atomic mass is 10.1. The van der Waals surface area contributed by atoms with Crippen LogP contribution in [0.25, 0.3) is 17.1 Å². The van der Waals surface area contributed by atoms with Gasteiger partial charge in [0.25, 0.3) is 5.91 Å². The van der Waals surface area contributed by atoms with Crippen molar-refractivity contribution in [3.8, 4) is 17.1 Å². The number of aromatic nitrogens is 3. The highest BCUT2D eigenvalue weighted by molar-refractivity contribution is 6.31. The first-order valence-corrected chi connectivity index (χ1v) is 9.66. The second-order valence-electron chi connectivity index (χ2n) is 6.89. The third-order valence-electron chi connectivity index (χ3n) is 4.66. The number of amides is 1. The minimum absolute atomic E-state index is 0.00444. The molecule has 0 unspecified atom stereocenters. The highest BCUT2D eigenvalue weighted by Crippen LogP contribution is 2.27. The number of hydrogen-bond donors (Lipinski definition) is 1. The number of aryl methyl sites for hydroxylation is 1. The van der Waals surface area contributed by atoms with Crippen LogP contribution in [0.1, 0.15) is 21.7 Å². The molecule has 1 heterocycles. The molecule has 5 nitrogen and oxygen atoms in total. The summed E-state index contributed by atoms with van der Waals surface area (Å²) in [7, 11) is 0. The number of nitrogens with one attached hydrogen (secondary N) is 1. The Hall–Kier alpha value is -3.51. The van der Waals surface area contributed by atoms with Crippen molar-refractivity contribution in [1.29, 1.82) is 0 Å². The first-order chi connectivity index (χ1) is 14.4. The third kappa shape index (κ3) is 3.95. The van der Waals surface area contributed by atoms with E-state index in [0.717, 1.165) is 11.1 Å². The molecule has 4 rings (SSSR count). The van der Waals surface area contributed by atoms with Gasteiger partial charge in [0.15, 0.2) is 5.82 Å². The summed E-state index contributed by atoms with van der Waals surface area (Å²) in [5, 5.41) is 7.82. The van der Waals surface area contributed by atoms with Crippen LogP contribution in [0.5, 0.6) is 0 Å². The molecule has 4 aromatic rings. The van der Waals surface area contributed by atoms with Crippen LogP contribution < -0.4 is 5.32 Å². The summed E-state index contributed by atoms with van der Waals surface area (Å²) in [6.45, 7) is 3.80. The molecule has 150 valence electrons. The summed E-state index contributed by atoms with van der Waals surface area (Å²) in [5.74, 6) is -0.395. The van der Waals surface area contributed by atoms with Gasteiger partial charge in [0.2, 0.25) is 5.82 Å². The van der Waals surface area contributed by atoms with Gasteiger partial charge >= 0.3 is 0 Å². The molecule has 0 radical (unpaired) electrons. The zero-order valence-corrected chi connectivity index (χ0v) is 17.1. The molecule has 0 saturated heterocycles. The number of anilines is 1. The second kappa shape index (κ2) is 8.08. The first kappa shape index (κ1) is 19.8. The number of nitrogens with zero attached hydrogens (tertiary/aromatic N) is 3. The molecule has 1 aromatic heterocycles. The van der Waals surface area contributed by atoms with E-state index in [0.29, 0.717) is 27.8 Å². The van der Waals surface area contributed by atoms with Crippen molar-refractivity contribution in [3.05, 3.63) is 94.5 Å². The number of rotatable bonds is 4. The fourth-order valence-corrected chi connectivity index (χ4v) is 3.27. The Labute approximate surface area is 178 Å². The maximum Gasteiger partial charge on any atom is 0.295 e. The Balaban J connectivity index is 1.80. The lowest BCUT2D eigenvalue weighted by Crippen LogP contribution is -2.14. The van der Waals surface area contributed by atoms with E-state index < -0.39 is 5.91 Å². The van der Waals surface area contributed by atoms with E-state index in [1.165, 1.54) is 12.1 Å². The average Bonchev–Trinajstić information content (AvgIpc) is 3.16. The van der Waals surface area contributed by atoms with Crippen LogP contribution in [0, 0.1) is 19.7 Å². The van der Waals surface area contributed by atoms with Gasteiger partial charge in [-0.3, -0.25) is 4.79 Å². The molecule has 0 spiro atoms. The fraction of sp³-hybridized carbons (Fsp3) is 0.0870. The van der Waals surface area contributed by atoms with Gasteiger partial charge in [-0.15, -0.1) is 5.10 Å². The largest absolute Gasteiger partial charge is 0.319 e. The molecular weight excluding hydrogens is 403 g/mol.